The molecule has 0 radical (unpaired) electrons. The first-order valence-corrected chi connectivity index (χ1v) is 13.3. The van der Waals surface area contributed by atoms with Gasteiger partial charge in [0, 0.05) is 34.8 Å². The van der Waals surface area contributed by atoms with Crippen molar-refractivity contribution in [1.29, 1.82) is 0 Å². The van der Waals surface area contributed by atoms with E-state index in [0.29, 0.717) is 22.2 Å². The lowest BCUT2D eigenvalue weighted by Gasteiger charge is -2.07. The van der Waals surface area contributed by atoms with Crippen LogP contribution in [0.2, 0.25) is 10.0 Å². The number of hydrogen-bond donors (Lipinski definition) is 2. The molecule has 0 aromatic heterocycles. The highest BCUT2D eigenvalue weighted by Gasteiger charge is 2.12. The summed E-state index contributed by atoms with van der Waals surface area (Å²) < 4.78 is 0. The van der Waals surface area contributed by atoms with Crippen LogP contribution in [0.5, 0.6) is 0 Å². The summed E-state index contributed by atoms with van der Waals surface area (Å²) in [6.07, 6.45) is 6.84. The van der Waals surface area contributed by atoms with Crippen LogP contribution < -0.4 is 5.32 Å². The maximum absolute atomic E-state index is 12.6. The summed E-state index contributed by atoms with van der Waals surface area (Å²) in [6, 6.07) is 27.4. The second kappa shape index (κ2) is 12.2. The van der Waals surface area contributed by atoms with Crippen LogP contribution in [0.4, 0.5) is 0 Å². The van der Waals surface area contributed by atoms with E-state index in [2.05, 4.69) is 11.4 Å². The van der Waals surface area contributed by atoms with Crippen LogP contribution in [0.3, 0.4) is 0 Å². The summed E-state index contributed by atoms with van der Waals surface area (Å²) in [7, 11) is 0. The fourth-order valence-electron chi connectivity index (χ4n) is 4.26. The summed E-state index contributed by atoms with van der Waals surface area (Å²) in [6.45, 7) is 0.314. The predicted octanol–water partition coefficient (Wildman–Crippen LogP) is 8.19. The molecule has 1 aliphatic rings. The van der Waals surface area contributed by atoms with Gasteiger partial charge in [-0.3, -0.25) is 9.79 Å². The quantitative estimate of drug-likeness (QED) is 0.225. The van der Waals surface area contributed by atoms with Gasteiger partial charge in [-0.15, -0.1) is 0 Å². The highest BCUT2D eigenvalue weighted by molar-refractivity contribution is 6.35. The van der Waals surface area contributed by atoms with Crippen molar-refractivity contribution in [1.82, 2.24) is 5.32 Å². The number of benzene rings is 4. The molecule has 40 heavy (non-hydrogen) atoms. The van der Waals surface area contributed by atoms with E-state index >= 15 is 0 Å². The lowest BCUT2D eigenvalue weighted by atomic mass is 10.0. The monoisotopic (exact) mass is 566 g/mol. The normalized spacial score (nSPS) is 12.8. The minimum absolute atomic E-state index is 0.194. The average Bonchev–Trinajstić information content (AvgIpc) is 3.44. The number of rotatable bonds is 8. The Labute approximate surface area is 242 Å². The van der Waals surface area contributed by atoms with Gasteiger partial charge in [-0.1, -0.05) is 83.9 Å². The molecular formula is C33H24Cl2N2O3. The number of carboxylic acid groups (broad SMARTS) is 1. The summed E-state index contributed by atoms with van der Waals surface area (Å²) in [5.41, 5.74) is 7.37. The van der Waals surface area contributed by atoms with Crippen molar-refractivity contribution in [2.45, 2.75) is 13.0 Å². The number of carboxylic acids is 1. The third-order valence-electron chi connectivity index (χ3n) is 6.49. The van der Waals surface area contributed by atoms with Crippen LogP contribution in [0.1, 0.15) is 43.8 Å². The van der Waals surface area contributed by atoms with Gasteiger partial charge in [-0.25, -0.2) is 4.79 Å². The number of aliphatic imine (C=N–C) groups is 1. The van der Waals surface area contributed by atoms with Crippen LogP contribution in [0.25, 0.3) is 22.9 Å². The molecule has 0 atom stereocenters. The fourth-order valence-corrected chi connectivity index (χ4v) is 4.77. The van der Waals surface area contributed by atoms with Crippen molar-refractivity contribution >= 4 is 52.6 Å². The highest BCUT2D eigenvalue weighted by Crippen LogP contribution is 2.31. The Morgan fingerprint density at radius 1 is 0.825 bits per heavy atom. The van der Waals surface area contributed by atoms with Crippen LogP contribution >= 0.6 is 23.2 Å². The zero-order valence-electron chi connectivity index (χ0n) is 21.3. The van der Waals surface area contributed by atoms with Gasteiger partial charge in [-0.2, -0.15) is 0 Å². The predicted molar refractivity (Wildman–Crippen MR) is 162 cm³/mol. The Kier molecular flexibility index (Phi) is 8.25. The molecule has 0 saturated heterocycles. The third kappa shape index (κ3) is 6.57. The van der Waals surface area contributed by atoms with Gasteiger partial charge in [0.15, 0.2) is 0 Å². The third-order valence-corrected chi connectivity index (χ3v) is 7.04. The van der Waals surface area contributed by atoms with E-state index in [-0.39, 0.29) is 11.5 Å². The van der Waals surface area contributed by atoms with Crippen molar-refractivity contribution in [3.05, 3.63) is 141 Å². The van der Waals surface area contributed by atoms with E-state index < -0.39 is 5.97 Å². The maximum atomic E-state index is 12.6. The fraction of sp³-hybridized carbons (Fsp3) is 0.0606. The summed E-state index contributed by atoms with van der Waals surface area (Å²) in [4.78, 5) is 28.2. The number of amides is 1. The highest BCUT2D eigenvalue weighted by atomic mass is 35.5. The Bertz CT molecular complexity index is 1650. The molecule has 1 amide bonds. The SMILES string of the molecule is O=C(O)c1ccc(CNC(=O)c2ccc(-c3ccc(/C=C/C4=NC(c5ccc(Cl)cc5Cl)=CC4)cc3)cc2)cc1. The Hall–Kier alpha value is -4.45. The largest absolute Gasteiger partial charge is 0.478 e. The van der Waals surface area contributed by atoms with E-state index in [9.17, 15) is 9.59 Å². The van der Waals surface area contributed by atoms with Gasteiger partial charge in [0.2, 0.25) is 0 Å². The molecule has 0 fully saturated rings. The lowest BCUT2D eigenvalue weighted by molar-refractivity contribution is 0.0696. The number of allylic oxidation sites excluding steroid dienone is 2. The smallest absolute Gasteiger partial charge is 0.335 e. The number of aromatic carboxylic acids is 1. The van der Waals surface area contributed by atoms with E-state index in [1.165, 1.54) is 12.1 Å². The zero-order valence-corrected chi connectivity index (χ0v) is 22.8. The number of hydrogen-bond acceptors (Lipinski definition) is 3. The van der Waals surface area contributed by atoms with Gasteiger partial charge in [0.25, 0.3) is 5.91 Å². The number of carbonyl (C=O) groups is 2. The standard InChI is InChI=1S/C33H24Cl2N2O3/c34-27-14-17-29(30(35)19-27)31-18-16-28(37-31)15-5-21-1-6-23(7-2-21)24-10-12-25(13-11-24)32(38)36-20-22-3-8-26(9-4-22)33(39)40/h1-15,17-19H,16,20H2,(H,36,38)(H,39,40)/b15-5+. The van der Waals surface area contributed by atoms with Gasteiger partial charge in [0.05, 0.1) is 16.3 Å². The van der Waals surface area contributed by atoms with Crippen molar-refractivity contribution in [2.24, 2.45) is 4.99 Å². The van der Waals surface area contributed by atoms with Gasteiger partial charge in [0.1, 0.15) is 0 Å². The number of nitrogens with one attached hydrogen (secondary N) is 1. The molecule has 4 aromatic rings. The molecule has 2 N–H and O–H groups in total. The molecule has 1 heterocycles. The minimum atomic E-state index is -0.978. The Morgan fingerprint density at radius 2 is 1.48 bits per heavy atom. The Morgan fingerprint density at radius 3 is 2.12 bits per heavy atom. The molecule has 4 aromatic carbocycles. The first-order chi connectivity index (χ1) is 19.4. The first kappa shape index (κ1) is 27.1. The molecule has 0 aliphatic carbocycles. The average molecular weight is 567 g/mol. The molecule has 0 saturated carbocycles. The lowest BCUT2D eigenvalue weighted by Crippen LogP contribution is -2.22. The zero-order chi connectivity index (χ0) is 28.1. The van der Waals surface area contributed by atoms with Gasteiger partial charge >= 0.3 is 5.97 Å². The van der Waals surface area contributed by atoms with Crippen LogP contribution in [0, 0.1) is 0 Å². The number of nitrogens with zero attached hydrogens (tertiary/aromatic N) is 1. The van der Waals surface area contributed by atoms with Crippen molar-refractivity contribution in [2.75, 3.05) is 0 Å². The van der Waals surface area contributed by atoms with Gasteiger partial charge < -0.3 is 10.4 Å². The number of halogens is 2. The summed E-state index contributed by atoms with van der Waals surface area (Å²) in [5, 5.41) is 13.0. The van der Waals surface area contributed by atoms with Crippen molar-refractivity contribution in [3.63, 3.8) is 0 Å². The molecular weight excluding hydrogens is 543 g/mol. The molecule has 5 nitrogen and oxygen atoms in total. The first-order valence-electron chi connectivity index (χ1n) is 12.6. The van der Waals surface area contributed by atoms with Crippen LogP contribution in [-0.4, -0.2) is 22.7 Å². The molecule has 0 bridgehead atoms. The van der Waals surface area contributed by atoms with E-state index in [1.807, 2.05) is 60.7 Å². The van der Waals surface area contributed by atoms with Crippen molar-refractivity contribution in [3.8, 4) is 11.1 Å². The minimum Gasteiger partial charge on any atom is -0.478 e. The van der Waals surface area contributed by atoms with E-state index in [4.69, 9.17) is 33.3 Å². The number of carbonyl (C=O) groups excluding carboxylic acids is 1. The molecule has 1 aliphatic heterocycles. The maximum Gasteiger partial charge on any atom is 0.335 e. The second-order valence-corrected chi connectivity index (χ2v) is 10.1. The topological polar surface area (TPSA) is 78.8 Å². The van der Waals surface area contributed by atoms with E-state index in [1.54, 1.807) is 30.3 Å². The van der Waals surface area contributed by atoms with Crippen LogP contribution in [0.15, 0.2) is 108 Å². The molecule has 5 rings (SSSR count). The second-order valence-electron chi connectivity index (χ2n) is 9.24. The summed E-state index contributed by atoms with van der Waals surface area (Å²) >= 11 is 12.3. The van der Waals surface area contributed by atoms with Gasteiger partial charge in [-0.05, 0) is 70.8 Å². The molecule has 0 unspecified atom stereocenters. The van der Waals surface area contributed by atoms with Crippen LogP contribution in [-0.2, 0) is 6.54 Å². The Balaban J connectivity index is 1.17. The molecule has 0 spiro atoms. The molecule has 7 heteroatoms. The van der Waals surface area contributed by atoms with E-state index in [0.717, 1.165) is 45.6 Å². The summed E-state index contributed by atoms with van der Waals surface area (Å²) in [5.74, 6) is -1.17. The molecule has 198 valence electrons. The van der Waals surface area contributed by atoms with Crippen molar-refractivity contribution < 1.29 is 14.7 Å².